The predicted octanol–water partition coefficient (Wildman–Crippen LogP) is 1.89. The van der Waals surface area contributed by atoms with E-state index < -0.39 is 29.6 Å². The lowest BCUT2D eigenvalue weighted by atomic mass is 10.0. The number of aromatic carboxylic acids is 1. The van der Waals surface area contributed by atoms with Crippen LogP contribution in [-0.2, 0) is 0 Å². The SMILES string of the molecule is O=C(O)c1cc(F)c(C(O)C(O)CCS)cc1Cl. The average molecular weight is 295 g/mol. The molecule has 0 radical (unpaired) electrons. The van der Waals surface area contributed by atoms with Crippen molar-refractivity contribution in [1.29, 1.82) is 0 Å². The van der Waals surface area contributed by atoms with Crippen LogP contribution in [0.25, 0.3) is 0 Å². The van der Waals surface area contributed by atoms with E-state index in [0.717, 1.165) is 12.1 Å². The van der Waals surface area contributed by atoms with Crippen molar-refractivity contribution in [3.05, 3.63) is 34.1 Å². The molecule has 100 valence electrons. The maximum atomic E-state index is 13.6. The average Bonchev–Trinajstić information content (AvgIpc) is 2.30. The number of carbonyl (C=O) groups is 1. The zero-order valence-electron chi connectivity index (χ0n) is 9.18. The predicted molar refractivity (Wildman–Crippen MR) is 67.8 cm³/mol. The summed E-state index contributed by atoms with van der Waals surface area (Å²) < 4.78 is 13.6. The summed E-state index contributed by atoms with van der Waals surface area (Å²) >= 11 is 9.55. The summed E-state index contributed by atoms with van der Waals surface area (Å²) in [4.78, 5) is 10.7. The standard InChI is InChI=1S/C11H12ClFO4S/c12-7-3-6(10(15)9(14)1-2-18)8(13)4-5(7)11(16)17/h3-4,9-10,14-15,18H,1-2H2,(H,16,17). The summed E-state index contributed by atoms with van der Waals surface area (Å²) in [6.45, 7) is 0. The number of aliphatic hydroxyl groups is 2. The molecule has 0 aliphatic rings. The Hall–Kier alpha value is -0.820. The van der Waals surface area contributed by atoms with Gasteiger partial charge in [-0.1, -0.05) is 11.6 Å². The van der Waals surface area contributed by atoms with E-state index in [0.29, 0.717) is 5.75 Å². The van der Waals surface area contributed by atoms with Crippen molar-refractivity contribution in [3.63, 3.8) is 0 Å². The van der Waals surface area contributed by atoms with Crippen molar-refractivity contribution in [1.82, 2.24) is 0 Å². The lowest BCUT2D eigenvalue weighted by molar-refractivity contribution is 0.0151. The van der Waals surface area contributed by atoms with E-state index in [2.05, 4.69) is 12.6 Å². The Bertz CT molecular complexity index is 455. The third-order valence-electron chi connectivity index (χ3n) is 2.42. The topological polar surface area (TPSA) is 77.8 Å². The van der Waals surface area contributed by atoms with Gasteiger partial charge < -0.3 is 15.3 Å². The smallest absolute Gasteiger partial charge is 0.337 e. The van der Waals surface area contributed by atoms with Gasteiger partial charge in [-0.25, -0.2) is 9.18 Å². The molecular formula is C11H12ClFO4S. The molecule has 2 atom stereocenters. The second-order valence-electron chi connectivity index (χ2n) is 3.68. The summed E-state index contributed by atoms with van der Waals surface area (Å²) in [5, 5.41) is 27.8. The molecule has 18 heavy (non-hydrogen) atoms. The highest BCUT2D eigenvalue weighted by atomic mass is 35.5. The number of thiol groups is 1. The molecular weight excluding hydrogens is 283 g/mol. The first-order valence-corrected chi connectivity index (χ1v) is 6.08. The molecule has 1 rings (SSSR count). The number of rotatable bonds is 5. The summed E-state index contributed by atoms with van der Waals surface area (Å²) in [5.41, 5.74) is -0.631. The zero-order chi connectivity index (χ0) is 13.9. The van der Waals surface area contributed by atoms with Crippen LogP contribution in [0.2, 0.25) is 5.02 Å². The summed E-state index contributed by atoms with van der Waals surface area (Å²) in [5.74, 6) is -1.97. The normalized spacial score (nSPS) is 14.3. The number of halogens is 2. The van der Waals surface area contributed by atoms with Gasteiger partial charge in [0.1, 0.15) is 11.9 Å². The van der Waals surface area contributed by atoms with E-state index in [1.807, 2.05) is 0 Å². The molecule has 0 aromatic heterocycles. The van der Waals surface area contributed by atoms with Crippen LogP contribution in [0.5, 0.6) is 0 Å². The van der Waals surface area contributed by atoms with E-state index in [1.54, 1.807) is 0 Å². The van der Waals surface area contributed by atoms with Gasteiger partial charge in [-0.05, 0) is 24.3 Å². The largest absolute Gasteiger partial charge is 0.478 e. The van der Waals surface area contributed by atoms with Crippen molar-refractivity contribution in [2.24, 2.45) is 0 Å². The third kappa shape index (κ3) is 3.35. The Balaban J connectivity index is 3.11. The highest BCUT2D eigenvalue weighted by Crippen LogP contribution is 2.28. The van der Waals surface area contributed by atoms with Gasteiger partial charge in [-0.2, -0.15) is 12.6 Å². The number of carboxylic acids is 1. The van der Waals surface area contributed by atoms with E-state index >= 15 is 0 Å². The van der Waals surface area contributed by atoms with Gasteiger partial charge in [0.15, 0.2) is 0 Å². The Kier molecular flexibility index (Phi) is 5.40. The van der Waals surface area contributed by atoms with Crippen LogP contribution in [0.4, 0.5) is 4.39 Å². The number of aliphatic hydroxyl groups excluding tert-OH is 2. The molecule has 7 heteroatoms. The van der Waals surface area contributed by atoms with Gasteiger partial charge in [0.2, 0.25) is 0 Å². The molecule has 4 nitrogen and oxygen atoms in total. The molecule has 3 N–H and O–H groups in total. The minimum Gasteiger partial charge on any atom is -0.478 e. The fourth-order valence-corrected chi connectivity index (χ4v) is 1.97. The van der Waals surface area contributed by atoms with Crippen LogP contribution in [0.3, 0.4) is 0 Å². The van der Waals surface area contributed by atoms with Gasteiger partial charge in [-0.15, -0.1) is 0 Å². The zero-order valence-corrected chi connectivity index (χ0v) is 10.8. The molecule has 0 amide bonds. The highest BCUT2D eigenvalue weighted by molar-refractivity contribution is 7.80. The molecule has 0 spiro atoms. The quantitative estimate of drug-likeness (QED) is 0.626. The third-order valence-corrected chi connectivity index (χ3v) is 3.00. The van der Waals surface area contributed by atoms with Crippen molar-refractivity contribution >= 4 is 30.2 Å². The van der Waals surface area contributed by atoms with Gasteiger partial charge >= 0.3 is 5.97 Å². The Morgan fingerprint density at radius 1 is 1.44 bits per heavy atom. The summed E-state index contributed by atoms with van der Waals surface area (Å²) in [6.07, 6.45) is -2.50. The molecule has 0 saturated heterocycles. The minimum atomic E-state index is -1.47. The maximum Gasteiger partial charge on any atom is 0.337 e. The maximum absolute atomic E-state index is 13.6. The molecule has 0 heterocycles. The monoisotopic (exact) mass is 294 g/mol. The van der Waals surface area contributed by atoms with Crippen molar-refractivity contribution < 1.29 is 24.5 Å². The lowest BCUT2D eigenvalue weighted by Gasteiger charge is -2.18. The van der Waals surface area contributed by atoms with Crippen molar-refractivity contribution in [2.45, 2.75) is 18.6 Å². The fraction of sp³-hybridized carbons (Fsp3) is 0.364. The Morgan fingerprint density at radius 2 is 2.06 bits per heavy atom. The molecule has 0 saturated carbocycles. The molecule has 0 fully saturated rings. The fourth-order valence-electron chi connectivity index (χ4n) is 1.45. The van der Waals surface area contributed by atoms with Gasteiger partial charge in [0.05, 0.1) is 16.7 Å². The molecule has 1 aromatic rings. The highest BCUT2D eigenvalue weighted by Gasteiger charge is 2.23. The first-order chi connectivity index (χ1) is 8.38. The molecule has 0 aliphatic heterocycles. The minimum absolute atomic E-state index is 0.169. The molecule has 1 aromatic carbocycles. The Morgan fingerprint density at radius 3 is 2.56 bits per heavy atom. The van der Waals surface area contributed by atoms with Crippen LogP contribution in [0.1, 0.15) is 28.4 Å². The van der Waals surface area contributed by atoms with Crippen molar-refractivity contribution in [3.8, 4) is 0 Å². The van der Waals surface area contributed by atoms with E-state index in [9.17, 15) is 19.4 Å². The molecule has 0 aliphatic carbocycles. The second-order valence-corrected chi connectivity index (χ2v) is 4.54. The molecule has 0 bridgehead atoms. The van der Waals surface area contributed by atoms with Crippen LogP contribution in [0, 0.1) is 5.82 Å². The van der Waals surface area contributed by atoms with Gasteiger partial charge in [0, 0.05) is 5.56 Å². The van der Waals surface area contributed by atoms with E-state index in [4.69, 9.17) is 16.7 Å². The van der Waals surface area contributed by atoms with Crippen LogP contribution in [0.15, 0.2) is 12.1 Å². The lowest BCUT2D eigenvalue weighted by Crippen LogP contribution is -2.20. The van der Waals surface area contributed by atoms with E-state index in [1.165, 1.54) is 0 Å². The number of benzene rings is 1. The first kappa shape index (κ1) is 15.2. The van der Waals surface area contributed by atoms with Crippen LogP contribution in [-0.4, -0.2) is 33.1 Å². The Labute approximate surface area is 113 Å². The van der Waals surface area contributed by atoms with E-state index in [-0.39, 0.29) is 17.0 Å². The number of hydrogen-bond donors (Lipinski definition) is 4. The summed E-state index contributed by atoms with van der Waals surface area (Å²) in [6, 6.07) is 1.73. The first-order valence-electron chi connectivity index (χ1n) is 5.07. The molecule has 2 unspecified atom stereocenters. The van der Waals surface area contributed by atoms with Crippen LogP contribution >= 0.6 is 24.2 Å². The summed E-state index contributed by atoms with van der Waals surface area (Å²) in [7, 11) is 0. The number of carboxylic acid groups (broad SMARTS) is 1. The van der Waals surface area contributed by atoms with Crippen LogP contribution < -0.4 is 0 Å². The van der Waals surface area contributed by atoms with Crippen molar-refractivity contribution in [2.75, 3.05) is 5.75 Å². The second kappa shape index (κ2) is 6.38. The van der Waals surface area contributed by atoms with Gasteiger partial charge in [-0.3, -0.25) is 0 Å². The van der Waals surface area contributed by atoms with Gasteiger partial charge in [0.25, 0.3) is 0 Å². The number of hydrogen-bond acceptors (Lipinski definition) is 4.